The first-order chi connectivity index (χ1) is 21.1. The number of carbonyl (C=O) groups is 5. The lowest BCUT2D eigenvalue weighted by atomic mass is 9.83. The Morgan fingerprint density at radius 1 is 0.955 bits per heavy atom. The van der Waals surface area contributed by atoms with Gasteiger partial charge in [-0.3, -0.25) is 19.2 Å². The van der Waals surface area contributed by atoms with Crippen LogP contribution in [0.25, 0.3) is 0 Å². The van der Waals surface area contributed by atoms with Gasteiger partial charge in [0.1, 0.15) is 16.4 Å². The van der Waals surface area contributed by atoms with E-state index in [1.807, 2.05) is 0 Å². The van der Waals surface area contributed by atoms with Crippen LogP contribution in [0, 0.1) is 29.6 Å². The van der Waals surface area contributed by atoms with E-state index in [1.165, 1.54) is 17.4 Å². The number of alkyl halides is 2. The van der Waals surface area contributed by atoms with Gasteiger partial charge in [-0.15, -0.1) is 36.4 Å². The van der Waals surface area contributed by atoms with Crippen LogP contribution in [-0.4, -0.2) is 76.0 Å². The molecule has 5 fully saturated rings. The topological polar surface area (TPSA) is 137 Å². The maximum Gasteiger partial charge on any atom is 0.315 e. The van der Waals surface area contributed by atoms with Crippen molar-refractivity contribution in [1.82, 2.24) is 26.2 Å². The van der Waals surface area contributed by atoms with Crippen LogP contribution in [0.15, 0.2) is 25.3 Å². The second-order valence-corrected chi connectivity index (χ2v) is 14.8. The van der Waals surface area contributed by atoms with Gasteiger partial charge in [-0.05, 0) is 62.7 Å². The molecule has 4 aliphatic carbocycles. The molecule has 5 aliphatic rings. The Bertz CT molecular complexity index is 1170. The number of piperidine rings is 1. The molecular weight excluding hydrogens is 605 g/mol. The third-order valence-electron chi connectivity index (χ3n) is 10.5. The second-order valence-electron chi connectivity index (χ2n) is 13.3. The molecule has 1 heterocycles. The number of rotatable bonds is 13. The second kappa shape index (κ2) is 13.8. The van der Waals surface area contributed by atoms with Crippen molar-refractivity contribution >= 4 is 52.7 Å². The number of likely N-dealkylation sites (tertiary alicyclic amines) is 1. The van der Waals surface area contributed by atoms with Crippen LogP contribution in [0.4, 0.5) is 4.79 Å². The Morgan fingerprint density at radius 2 is 1.70 bits per heavy atom. The predicted octanol–water partition coefficient (Wildman–Crippen LogP) is 3.38. The van der Waals surface area contributed by atoms with Gasteiger partial charge in [-0.2, -0.15) is 0 Å². The monoisotopic (exact) mass is 649 g/mol. The number of halogens is 2. The Hall–Kier alpha value is -2.59. The summed E-state index contributed by atoms with van der Waals surface area (Å²) in [6.45, 7) is 7.49. The number of ketones is 1. The molecule has 12 heteroatoms. The van der Waals surface area contributed by atoms with Crippen LogP contribution >= 0.6 is 23.2 Å². The molecule has 44 heavy (non-hydrogen) atoms. The van der Waals surface area contributed by atoms with Gasteiger partial charge >= 0.3 is 6.03 Å². The quantitative estimate of drug-likeness (QED) is 0.138. The molecule has 1 aliphatic heterocycles. The minimum atomic E-state index is -1.19. The molecule has 5 unspecified atom stereocenters. The standard InChI is InChI=1S/C32H45Cl2N5O5/c1-3-5-11-22(27(40)29(42)35-14-4-2)36-28(41)26-24-21(32(24,33)34)17-39(26)30(43)25(19-9-7-6-8-10-19)38-31(44)37-23-16-18-12-13-20(23)15-18/h3-4,18-26H,1-2,5-17H2,(H,35,42)(H,36,41)(H2,37,38,44)/t18?,20?,21-,22?,23?,24-,25?,26+/m1/s1. The Labute approximate surface area is 269 Å². The third kappa shape index (κ3) is 6.81. The molecular formula is C32H45Cl2N5O5. The van der Waals surface area contributed by atoms with Gasteiger partial charge in [0.2, 0.25) is 17.6 Å². The maximum atomic E-state index is 14.3. The normalized spacial score (nSPS) is 31.3. The zero-order chi connectivity index (χ0) is 31.6. The highest BCUT2D eigenvalue weighted by Crippen LogP contribution is 2.65. The molecule has 1 saturated heterocycles. The van der Waals surface area contributed by atoms with Crippen LogP contribution in [0.3, 0.4) is 0 Å². The van der Waals surface area contributed by atoms with Gasteiger partial charge in [-0.1, -0.05) is 37.8 Å². The number of allylic oxidation sites excluding steroid dienone is 1. The smallest absolute Gasteiger partial charge is 0.315 e. The number of urea groups is 1. The highest BCUT2D eigenvalue weighted by atomic mass is 35.5. The van der Waals surface area contributed by atoms with Crippen molar-refractivity contribution in [3.05, 3.63) is 25.3 Å². The number of carbonyl (C=O) groups excluding carboxylic acids is 5. The molecule has 0 aromatic carbocycles. The summed E-state index contributed by atoms with van der Waals surface area (Å²) in [7, 11) is 0. The van der Waals surface area contributed by atoms with Gasteiger partial charge in [0.05, 0.1) is 6.04 Å². The lowest BCUT2D eigenvalue weighted by Gasteiger charge is -2.37. The van der Waals surface area contributed by atoms with Gasteiger partial charge in [-0.25, -0.2) is 4.79 Å². The van der Waals surface area contributed by atoms with Crippen molar-refractivity contribution in [2.45, 2.75) is 99.1 Å². The molecule has 10 nitrogen and oxygen atoms in total. The van der Waals surface area contributed by atoms with Crippen LogP contribution in [0.2, 0.25) is 0 Å². The van der Waals surface area contributed by atoms with E-state index < -0.39 is 46.0 Å². The zero-order valence-electron chi connectivity index (χ0n) is 25.2. The van der Waals surface area contributed by atoms with Crippen LogP contribution in [0.5, 0.6) is 0 Å². The Balaban J connectivity index is 1.32. The maximum absolute atomic E-state index is 14.3. The van der Waals surface area contributed by atoms with Crippen LogP contribution in [0.1, 0.15) is 70.6 Å². The van der Waals surface area contributed by atoms with E-state index in [9.17, 15) is 24.0 Å². The van der Waals surface area contributed by atoms with E-state index in [0.717, 1.165) is 51.4 Å². The molecule has 0 radical (unpaired) electrons. The van der Waals surface area contributed by atoms with E-state index in [4.69, 9.17) is 23.2 Å². The number of nitrogens with zero attached hydrogens (tertiary/aromatic N) is 1. The molecule has 8 atom stereocenters. The van der Waals surface area contributed by atoms with Crippen molar-refractivity contribution in [3.63, 3.8) is 0 Å². The first-order valence-electron chi connectivity index (χ1n) is 16.2. The van der Waals surface area contributed by atoms with Gasteiger partial charge < -0.3 is 26.2 Å². The summed E-state index contributed by atoms with van der Waals surface area (Å²) in [6.07, 6.45) is 12.7. The Kier molecular flexibility index (Phi) is 10.3. The summed E-state index contributed by atoms with van der Waals surface area (Å²) in [6, 6.07) is -3.19. The van der Waals surface area contributed by atoms with E-state index in [-0.39, 0.29) is 49.3 Å². The highest BCUT2D eigenvalue weighted by molar-refractivity contribution is 6.51. The predicted molar refractivity (Wildman–Crippen MR) is 168 cm³/mol. The molecule has 4 saturated carbocycles. The largest absolute Gasteiger partial charge is 0.346 e. The van der Waals surface area contributed by atoms with Crippen molar-refractivity contribution < 1.29 is 24.0 Å². The fourth-order valence-corrected chi connectivity index (χ4v) is 8.98. The summed E-state index contributed by atoms with van der Waals surface area (Å²) in [5.41, 5.74) is 0. The SMILES string of the molecule is C=CCCC(NC(=O)[C@@H]1[C@H]2[C@@H](CN1C(=O)C(NC(=O)NC1CC3CCC1C3)C1CCCCC1)C2(Cl)Cl)C(=O)C(=O)NCC=C. The summed E-state index contributed by atoms with van der Waals surface area (Å²) in [5, 5.41) is 11.3. The molecule has 0 aromatic rings. The zero-order valence-corrected chi connectivity index (χ0v) is 26.7. The van der Waals surface area contributed by atoms with Crippen molar-refractivity contribution in [3.8, 4) is 0 Å². The lowest BCUT2D eigenvalue weighted by molar-refractivity contribution is -0.144. The van der Waals surface area contributed by atoms with E-state index in [0.29, 0.717) is 18.3 Å². The van der Waals surface area contributed by atoms with E-state index >= 15 is 0 Å². The van der Waals surface area contributed by atoms with E-state index in [2.05, 4.69) is 34.4 Å². The molecule has 5 rings (SSSR count). The fourth-order valence-electron chi connectivity index (χ4n) is 8.15. The summed E-state index contributed by atoms with van der Waals surface area (Å²) in [5.74, 6) is -2.33. The summed E-state index contributed by atoms with van der Waals surface area (Å²) < 4.78 is -1.19. The van der Waals surface area contributed by atoms with Crippen molar-refractivity contribution in [2.24, 2.45) is 29.6 Å². The fraction of sp³-hybridized carbons (Fsp3) is 0.719. The third-order valence-corrected chi connectivity index (χ3v) is 11.6. The molecule has 2 bridgehead atoms. The summed E-state index contributed by atoms with van der Waals surface area (Å²) >= 11 is 13.1. The number of fused-ring (bicyclic) bond motifs is 3. The molecule has 4 N–H and O–H groups in total. The average molecular weight is 651 g/mol. The number of hydrogen-bond donors (Lipinski definition) is 4. The van der Waals surface area contributed by atoms with Crippen molar-refractivity contribution in [2.75, 3.05) is 13.1 Å². The molecule has 242 valence electrons. The van der Waals surface area contributed by atoms with Gasteiger partial charge in [0, 0.05) is 31.0 Å². The first kappa shape index (κ1) is 32.8. The summed E-state index contributed by atoms with van der Waals surface area (Å²) in [4.78, 5) is 68.4. The first-order valence-corrected chi connectivity index (χ1v) is 16.9. The average Bonchev–Trinajstić information content (AvgIpc) is 3.53. The highest BCUT2D eigenvalue weighted by Gasteiger charge is 2.74. The van der Waals surface area contributed by atoms with Crippen molar-refractivity contribution in [1.29, 1.82) is 0 Å². The number of amides is 5. The lowest BCUT2D eigenvalue weighted by Crippen LogP contribution is -2.61. The molecule has 0 spiro atoms. The Morgan fingerprint density at radius 3 is 2.34 bits per heavy atom. The minimum Gasteiger partial charge on any atom is -0.346 e. The minimum absolute atomic E-state index is 0.0603. The van der Waals surface area contributed by atoms with Crippen LogP contribution in [-0.2, 0) is 19.2 Å². The van der Waals surface area contributed by atoms with Crippen LogP contribution < -0.4 is 21.3 Å². The van der Waals surface area contributed by atoms with E-state index in [1.54, 1.807) is 6.08 Å². The molecule has 0 aromatic heterocycles. The number of hydrogen-bond acceptors (Lipinski definition) is 5. The van der Waals surface area contributed by atoms with Gasteiger partial charge in [0.15, 0.2) is 0 Å². The number of Topliss-reactive ketones (excluding diaryl/α,β-unsaturated/α-hetero) is 1. The van der Waals surface area contributed by atoms with Gasteiger partial charge in [0.25, 0.3) is 5.91 Å². The molecule has 5 amide bonds. The number of nitrogens with one attached hydrogen (secondary N) is 4.